The molecule has 0 spiro atoms. The maximum Gasteiger partial charge on any atom is 0.318 e. The van der Waals surface area contributed by atoms with Crippen molar-refractivity contribution in [3.63, 3.8) is 0 Å². The number of carbonyl (C=O) groups is 3. The summed E-state index contributed by atoms with van der Waals surface area (Å²) >= 11 is 6.69. The fourth-order valence-corrected chi connectivity index (χ4v) is 19.7. The van der Waals surface area contributed by atoms with E-state index < -0.39 is 49.1 Å². The third-order valence-corrected chi connectivity index (χ3v) is 26.5. The fraction of sp³-hybridized carbons (Fsp3) is 0.443. The number of aliphatic hydroxyl groups excluding tert-OH is 1. The molecule has 6 atom stereocenters. The van der Waals surface area contributed by atoms with Gasteiger partial charge in [-0.1, -0.05) is 128 Å². The molecule has 0 radical (unpaired) electrons. The van der Waals surface area contributed by atoms with Crippen molar-refractivity contribution in [1.29, 1.82) is 0 Å². The van der Waals surface area contributed by atoms with Crippen molar-refractivity contribution in [3.05, 3.63) is 220 Å². The highest BCUT2D eigenvalue weighted by atomic mass is 35.5. The Bertz CT molecular complexity index is 6060. The molecule has 132 heavy (non-hydrogen) atoms. The van der Waals surface area contributed by atoms with Gasteiger partial charge in [0.25, 0.3) is 5.91 Å². The molecule has 9 aliphatic heterocycles. The molecule has 0 unspecified atom stereocenters. The molecule has 9 aliphatic rings. The normalized spacial score (nSPS) is 20.4. The summed E-state index contributed by atoms with van der Waals surface area (Å²) in [6.07, 6.45) is 8.84. The maximum absolute atomic E-state index is 12.9. The van der Waals surface area contributed by atoms with Crippen LogP contribution in [0.1, 0.15) is 80.5 Å². The number of piperazine rings is 3. The zero-order chi connectivity index (χ0) is 92.2. The number of nitrogens with zero attached hydrogens (tertiary/aromatic N) is 21. The molecular formula is C97H122ClN21O7S6. The summed E-state index contributed by atoms with van der Waals surface area (Å²) in [4.78, 5) is 104. The predicted octanol–water partition coefficient (Wildman–Crippen LogP) is 11.5. The first-order chi connectivity index (χ1) is 64.1. The lowest BCUT2D eigenvalue weighted by molar-refractivity contribution is -0.129. The number of likely N-dealkylation sites (tertiary alicyclic amines) is 3. The highest BCUT2D eigenvalue weighted by Crippen LogP contribution is 2.41. The quantitative estimate of drug-likeness (QED) is 0.0425. The van der Waals surface area contributed by atoms with Crippen LogP contribution in [0.5, 0.6) is 18.0 Å². The molecule has 9 aromatic rings. The molecule has 3 amide bonds. The number of halogens is 1. The van der Waals surface area contributed by atoms with Crippen molar-refractivity contribution in [2.24, 2.45) is 0 Å². The van der Waals surface area contributed by atoms with E-state index in [0.29, 0.717) is 133 Å². The van der Waals surface area contributed by atoms with E-state index in [1.54, 1.807) is 4.90 Å². The summed E-state index contributed by atoms with van der Waals surface area (Å²) in [5.74, 6) is 5.56. The van der Waals surface area contributed by atoms with Crippen LogP contribution in [0.4, 0.5) is 34.5 Å². The number of carbonyl (C=O) groups excluding carboxylic acids is 3. The molecular weight excluding hydrogens is 1800 g/mol. The number of likely N-dealkylation sites (N-methyl/N-ethyl adjacent to an activating group) is 3. The van der Waals surface area contributed by atoms with E-state index in [0.717, 1.165) is 164 Å². The Morgan fingerprint density at radius 1 is 0.455 bits per heavy atom. The van der Waals surface area contributed by atoms with E-state index in [9.17, 15) is 14.4 Å². The van der Waals surface area contributed by atoms with Crippen molar-refractivity contribution in [3.8, 4) is 29.9 Å². The second-order valence-corrected chi connectivity index (χ2v) is 34.1. The van der Waals surface area contributed by atoms with Crippen LogP contribution in [0.25, 0.3) is 46.9 Å². The Balaban J connectivity index is 0.000000209. The number of fused-ring (bicyclic) bond motifs is 6. The minimum absolute atomic E-state index is 0. The highest BCUT2D eigenvalue weighted by molar-refractivity contribution is 7.60. The Morgan fingerprint density at radius 2 is 0.803 bits per heavy atom. The van der Waals surface area contributed by atoms with Crippen LogP contribution in [0.3, 0.4) is 0 Å². The second kappa shape index (κ2) is 48.6. The molecule has 28 nitrogen and oxygen atoms in total. The van der Waals surface area contributed by atoms with Gasteiger partial charge in [-0.05, 0) is 157 Å². The molecule has 700 valence electrons. The monoisotopic (exact) mass is 1930 g/mol. The number of ether oxygens (including phenoxy) is 3. The third-order valence-electron chi connectivity index (χ3n) is 26.2. The maximum atomic E-state index is 12.9. The van der Waals surface area contributed by atoms with Crippen LogP contribution in [0.2, 0.25) is 5.02 Å². The van der Waals surface area contributed by atoms with E-state index >= 15 is 0 Å². The number of hydrogen-bond donors (Lipinski definition) is 1. The van der Waals surface area contributed by atoms with E-state index in [1.807, 2.05) is 18.2 Å². The number of benzene rings is 6. The van der Waals surface area contributed by atoms with Crippen molar-refractivity contribution in [1.82, 2.24) is 59.3 Å². The van der Waals surface area contributed by atoms with Gasteiger partial charge in [-0.3, -0.25) is 14.4 Å². The van der Waals surface area contributed by atoms with Crippen LogP contribution in [-0.2, 0) is 53.3 Å². The van der Waals surface area contributed by atoms with Crippen molar-refractivity contribution < 1.29 is 41.9 Å². The predicted molar refractivity (Wildman–Crippen MR) is 556 cm³/mol. The Kier molecular flexibility index (Phi) is 34.9. The smallest absolute Gasteiger partial charge is 0.318 e. The van der Waals surface area contributed by atoms with Crippen LogP contribution < -0.4 is 43.6 Å². The molecule has 35 heteroatoms. The zero-order valence-corrected chi connectivity index (χ0v) is 81.5. The van der Waals surface area contributed by atoms with Crippen molar-refractivity contribution >= 4 is 177 Å². The van der Waals surface area contributed by atoms with Gasteiger partial charge in [0.15, 0.2) is 0 Å². The zero-order valence-electron chi connectivity index (χ0n) is 80.7. The van der Waals surface area contributed by atoms with Crippen molar-refractivity contribution in [2.45, 2.75) is 114 Å². The van der Waals surface area contributed by atoms with Gasteiger partial charge in [-0.2, -0.15) is 111 Å². The minimum atomic E-state index is -0.833. The number of aliphatic hydroxyl groups is 1. The molecule has 6 fully saturated rings. The fourth-order valence-electron chi connectivity index (χ4n) is 19.4. The molecule has 3 aromatic heterocycles. The lowest BCUT2D eigenvalue weighted by Gasteiger charge is -2.41. The van der Waals surface area contributed by atoms with Crippen molar-refractivity contribution in [2.75, 3.05) is 195 Å². The third kappa shape index (κ3) is 23.5. The summed E-state index contributed by atoms with van der Waals surface area (Å²) < 4.78 is 64.4. The average molecular weight is 1930 g/mol. The van der Waals surface area contributed by atoms with Crippen LogP contribution >= 0.6 is 92.6 Å². The molecule has 1 N–H and O–H groups in total. The van der Waals surface area contributed by atoms with Crippen LogP contribution in [-0.4, -0.2) is 284 Å². The molecule has 0 aliphatic carbocycles. The van der Waals surface area contributed by atoms with Gasteiger partial charge in [-0.25, -0.2) is 19.7 Å². The first-order valence-corrected chi connectivity index (χ1v) is 44.1. The van der Waals surface area contributed by atoms with Crippen LogP contribution in [0, 0.1) is 31.6 Å². The van der Waals surface area contributed by atoms with Gasteiger partial charge in [0, 0.05) is 147 Å². The first kappa shape index (κ1) is 94.9. The molecule has 0 saturated carbocycles. The molecule has 6 saturated heterocycles. The summed E-state index contributed by atoms with van der Waals surface area (Å²) in [7, 11) is 6.35. The van der Waals surface area contributed by atoms with Gasteiger partial charge < -0.3 is 92.7 Å². The van der Waals surface area contributed by atoms with Gasteiger partial charge in [0.1, 0.15) is 62.0 Å². The topological polar surface area (TPSA) is 228 Å². The number of amides is 3. The minimum Gasteiger partial charge on any atom is -0.462 e. The Labute approximate surface area is 830 Å². The highest BCUT2D eigenvalue weighted by Gasteiger charge is 2.40. The molecule has 6 aromatic carbocycles. The van der Waals surface area contributed by atoms with E-state index in [-0.39, 0.29) is 132 Å². The summed E-state index contributed by atoms with van der Waals surface area (Å²) in [6, 6.07) is 41.1. The largest absolute Gasteiger partial charge is 0.462 e. The van der Waals surface area contributed by atoms with Crippen LogP contribution in [0.15, 0.2) is 146 Å². The lowest BCUT2D eigenvalue weighted by Crippen LogP contribution is -2.56. The molecule has 12 heterocycles. The van der Waals surface area contributed by atoms with Gasteiger partial charge in [0.05, 0.1) is 50.0 Å². The average Bonchev–Trinajstić information content (AvgIpc) is 0.799. The van der Waals surface area contributed by atoms with Gasteiger partial charge in [0.2, 0.25) is 31.4 Å². The summed E-state index contributed by atoms with van der Waals surface area (Å²) in [5.41, 5.74) is 9.30. The number of aromatic nitrogens is 6. The summed E-state index contributed by atoms with van der Waals surface area (Å²) in [5, 5.41) is 16.7. The second-order valence-electron chi connectivity index (χ2n) is 33.7. The molecule has 0 bridgehead atoms. The lowest BCUT2D eigenvalue weighted by atomic mass is 10.0. The Hall–Kier alpha value is -10.3. The number of hydrogen-bond acceptors (Lipinski definition) is 22. The summed E-state index contributed by atoms with van der Waals surface area (Å²) in [6.45, 7) is 33.1. The van der Waals surface area contributed by atoms with Gasteiger partial charge in [-0.15, -0.1) is 0 Å². The Morgan fingerprint density at radius 3 is 1.17 bits per heavy atom. The number of rotatable bonds is 20. The standard InChI is InChI=1S/C33H37N7O3.C32H36ClN7O2.C32H37N7O2.6H2S/c1-34-20-26-21-39(17-18-40(26)31(42)13-7-19-41)32-28-14-16-38(30-12-5-9-24-8-3-4-11-27(24)30)22-29(28)35-33(36-32)43-23-25-10-6-15-37(25)2;1-4-29(41)40-17-16-39(19-24(40)18-34-2)31-25-13-15-38(28-12-6-9-22-8-5-11-26(33)30(22)28)20-27(25)35-32(36-31)42-21-23-10-7-14-37(23)3;1-4-30(40)39-18-17-38(20-25(39)19-33-2)31-27-14-16-37(29-13-7-10-23-9-5-6-12-26(23)29)21-28(27)34-32(35-31)41-22-24-11-8-15-36(24)3;;;;;;/h3-5,8-9,11-12,25-26,41H,6,10,14-23H2,2H3;4-6,8-9,11-12,23-24H,1,7,10,13-21H2,3H3;4-7,9-10,12-13,24-25H,1,8,11,14-22H2,3H3;6*1H2/t25-,26-;23-,24-;24-,25-;;;;;;/m000....../s1/i;2*1D2,4D;;;;;;. The number of anilines is 6. The van der Waals surface area contributed by atoms with E-state index in [2.05, 4.69) is 195 Å². The van der Waals surface area contributed by atoms with E-state index in [1.165, 1.54) is 37.0 Å². The first-order valence-electron chi connectivity index (χ1n) is 46.7. The van der Waals surface area contributed by atoms with Gasteiger partial charge >= 0.3 is 18.0 Å². The molecule has 18 rings (SSSR count). The van der Waals surface area contributed by atoms with E-state index in [4.69, 9.17) is 88.8 Å². The SMILES string of the molecule is S.S.S.S.S.S.[2H]C([2H])=C([2H])C(=O)N1CCN(c2nc(OC[C@@H]3CCCN3C)nc3c2CCN(c2cccc4cccc(Cl)c24)C3)C[C@@H]1C[N+]#[C-].[2H]C([2H])=C([2H])C(=O)N1CCN(c2nc(OC[C@@H]3CCCN3C)nc3c2CCN(c2cccc4ccccc24)C3)C[C@@H]1C[N+]#[C-].[C-]#[N+]C[C@H]1CN(c2nc(OC[C@@H]3CCCN3C)nc3c2CCN(c2cccc4ccccc24)C3)CCN1C(=O)C#CCO.